The van der Waals surface area contributed by atoms with Crippen molar-refractivity contribution in [2.45, 2.75) is 50.1 Å². The molecular weight excluding hydrogens is 573 g/mol. The first kappa shape index (κ1) is 27.9. The Kier molecular flexibility index (Phi) is 9.27. The van der Waals surface area contributed by atoms with Crippen molar-refractivity contribution in [1.29, 1.82) is 0 Å². The van der Waals surface area contributed by atoms with Crippen LogP contribution in [-0.4, -0.2) is 76.4 Å². The van der Waals surface area contributed by atoms with E-state index in [0.29, 0.717) is 52.6 Å². The Morgan fingerprint density at radius 2 is 2.05 bits per heavy atom. The van der Waals surface area contributed by atoms with Gasteiger partial charge in [-0.3, -0.25) is 0 Å². The van der Waals surface area contributed by atoms with Crippen molar-refractivity contribution in [3.05, 3.63) is 42.5 Å². The van der Waals surface area contributed by atoms with Crippen LogP contribution in [0.2, 0.25) is 5.21 Å². The Morgan fingerprint density at radius 1 is 1.24 bits per heavy atom. The summed E-state index contributed by atoms with van der Waals surface area (Å²) in [6.07, 6.45) is 5.71. The van der Waals surface area contributed by atoms with E-state index in [1.807, 2.05) is 43.9 Å². The molecular formula is C25H32AsN5O6S. The van der Waals surface area contributed by atoms with Gasteiger partial charge in [-0.1, -0.05) is 0 Å². The van der Waals surface area contributed by atoms with E-state index in [-0.39, 0.29) is 24.1 Å². The van der Waals surface area contributed by atoms with Crippen LogP contribution < -0.4 is 14.4 Å². The first-order valence-electron chi connectivity index (χ1n) is 12.3. The number of nitrogens with zero attached hydrogens (tertiary/aromatic N) is 5. The van der Waals surface area contributed by atoms with Crippen molar-refractivity contribution in [2.75, 3.05) is 31.4 Å². The number of esters is 1. The van der Waals surface area contributed by atoms with E-state index >= 15 is 0 Å². The number of imidazole rings is 1. The standard InChI is InChI=1S/C25H32AsN5O6S/c1-5-34-21(32)15-30(24-28-23(29-38-24)31-12-10-27-16-31)11-6-9-26(22(33)37-25(2,3)4)14-18-7-8-19-20(13-18)36-17-35-19/h7-8,10,12-13,16H,5-6,9,11,14-15,17H2,1-4H3. The van der Waals surface area contributed by atoms with Crippen molar-refractivity contribution in [3.8, 4) is 17.4 Å². The van der Waals surface area contributed by atoms with Gasteiger partial charge in [0.25, 0.3) is 0 Å². The zero-order valence-corrected chi connectivity index (χ0v) is 24.6. The second kappa shape index (κ2) is 12.6. The zero-order valence-electron chi connectivity index (χ0n) is 22.0. The fourth-order valence-corrected chi connectivity index (χ4v) is 8.66. The number of anilines is 1. The molecule has 0 N–H and O–H groups in total. The van der Waals surface area contributed by atoms with Crippen LogP contribution in [0.15, 0.2) is 36.9 Å². The van der Waals surface area contributed by atoms with E-state index < -0.39 is 20.3 Å². The first-order chi connectivity index (χ1) is 18.2. The number of rotatable bonds is 12. The molecule has 4 rings (SSSR count). The number of hydrogen-bond acceptors (Lipinski definition) is 11. The van der Waals surface area contributed by atoms with Crippen molar-refractivity contribution >= 4 is 42.0 Å². The van der Waals surface area contributed by atoms with E-state index in [1.165, 1.54) is 11.5 Å². The van der Waals surface area contributed by atoms with Gasteiger partial charge < -0.3 is 0 Å². The van der Waals surface area contributed by atoms with Gasteiger partial charge >= 0.3 is 231 Å². The number of fused-ring (bicyclic) bond motifs is 1. The molecule has 0 spiro atoms. The predicted molar refractivity (Wildman–Crippen MR) is 144 cm³/mol. The van der Waals surface area contributed by atoms with E-state index in [1.54, 1.807) is 30.2 Å². The molecule has 1 aliphatic rings. The average molecular weight is 606 g/mol. The summed E-state index contributed by atoms with van der Waals surface area (Å²) < 4.78 is 27.9. The minimum absolute atomic E-state index is 0.0496. The number of benzene rings is 1. The molecule has 3 aromatic rings. The van der Waals surface area contributed by atoms with E-state index in [4.69, 9.17) is 18.9 Å². The molecule has 1 aliphatic heterocycles. The SMILES string of the molecule is CCOC(=O)CN(CCC[As](Cc1ccc2c(c1)OCO2)C(=O)OC(C)(C)C)c1nc(-n2ccnc2)ns1. The van der Waals surface area contributed by atoms with Gasteiger partial charge in [0.05, 0.1) is 0 Å². The van der Waals surface area contributed by atoms with Crippen LogP contribution in [-0.2, 0) is 19.5 Å². The quantitative estimate of drug-likeness (QED) is 0.221. The molecule has 38 heavy (non-hydrogen) atoms. The molecule has 3 heterocycles. The molecule has 11 nitrogen and oxygen atoms in total. The molecule has 0 bridgehead atoms. The molecule has 1 unspecified atom stereocenters. The molecule has 1 aromatic carbocycles. The molecule has 0 saturated heterocycles. The van der Waals surface area contributed by atoms with Gasteiger partial charge in [-0.2, -0.15) is 0 Å². The van der Waals surface area contributed by atoms with Crippen molar-refractivity contribution in [3.63, 3.8) is 0 Å². The van der Waals surface area contributed by atoms with Gasteiger partial charge in [0.2, 0.25) is 0 Å². The second-order valence-electron chi connectivity index (χ2n) is 9.52. The molecule has 2 aromatic heterocycles. The third-order valence-electron chi connectivity index (χ3n) is 5.35. The minimum atomic E-state index is -2.15. The van der Waals surface area contributed by atoms with Gasteiger partial charge in [0.15, 0.2) is 0 Å². The van der Waals surface area contributed by atoms with Crippen LogP contribution >= 0.6 is 11.5 Å². The van der Waals surface area contributed by atoms with Gasteiger partial charge in [-0.25, -0.2) is 0 Å². The van der Waals surface area contributed by atoms with Crippen LogP contribution in [0.3, 0.4) is 0 Å². The van der Waals surface area contributed by atoms with Gasteiger partial charge in [0, 0.05) is 0 Å². The summed E-state index contributed by atoms with van der Waals surface area (Å²) in [6.45, 7) is 8.49. The number of aromatic nitrogens is 4. The first-order valence-corrected chi connectivity index (χ1v) is 16.7. The third-order valence-corrected chi connectivity index (χ3v) is 10.8. The van der Waals surface area contributed by atoms with Crippen molar-refractivity contribution in [2.24, 2.45) is 0 Å². The Labute approximate surface area is 230 Å². The van der Waals surface area contributed by atoms with Crippen molar-refractivity contribution in [1.82, 2.24) is 18.9 Å². The van der Waals surface area contributed by atoms with Gasteiger partial charge in [-0.15, -0.1) is 0 Å². The molecule has 0 radical (unpaired) electrons. The van der Waals surface area contributed by atoms with Crippen LogP contribution in [0.1, 0.15) is 39.7 Å². The fourth-order valence-electron chi connectivity index (χ4n) is 3.70. The number of carbonyl (C=O) groups is 2. The fraction of sp³-hybridized carbons (Fsp3) is 0.480. The molecule has 1 atom stereocenters. The van der Waals surface area contributed by atoms with Crippen LogP contribution in [0.4, 0.5) is 9.93 Å². The third kappa shape index (κ3) is 7.70. The average Bonchev–Trinajstić information content (AvgIpc) is 3.63. The van der Waals surface area contributed by atoms with Crippen molar-refractivity contribution < 1.29 is 28.5 Å². The van der Waals surface area contributed by atoms with E-state index in [0.717, 1.165) is 5.56 Å². The maximum atomic E-state index is 13.2. The Morgan fingerprint density at radius 3 is 2.79 bits per heavy atom. The number of carbonyl (C=O) groups excluding carboxylic acids is 2. The molecule has 13 heteroatoms. The Hall–Kier alpha value is -3.11. The summed E-state index contributed by atoms with van der Waals surface area (Å²) >= 11 is -0.942. The Balaban J connectivity index is 1.46. The summed E-state index contributed by atoms with van der Waals surface area (Å²) in [7, 11) is 0. The number of ether oxygens (including phenoxy) is 4. The maximum absolute atomic E-state index is 13.2. The summed E-state index contributed by atoms with van der Waals surface area (Å²) in [5.74, 6) is 1.56. The van der Waals surface area contributed by atoms with Gasteiger partial charge in [0.1, 0.15) is 0 Å². The van der Waals surface area contributed by atoms with Crippen LogP contribution in [0.25, 0.3) is 5.95 Å². The summed E-state index contributed by atoms with van der Waals surface area (Å²) in [6, 6.07) is 5.81. The monoisotopic (exact) mass is 605 g/mol. The number of hydrogen-bond donors (Lipinski definition) is 0. The molecule has 0 saturated carbocycles. The Bertz CT molecular complexity index is 1230. The summed E-state index contributed by atoms with van der Waals surface area (Å²) in [5, 5.41) is 1.94. The molecule has 0 fully saturated rings. The molecule has 0 aliphatic carbocycles. The van der Waals surface area contributed by atoms with E-state index in [2.05, 4.69) is 14.3 Å². The van der Waals surface area contributed by atoms with Crippen LogP contribution in [0.5, 0.6) is 11.5 Å². The molecule has 204 valence electrons. The topological polar surface area (TPSA) is 118 Å². The van der Waals surface area contributed by atoms with Gasteiger partial charge in [-0.05, 0) is 0 Å². The molecule has 0 amide bonds. The summed E-state index contributed by atoms with van der Waals surface area (Å²) in [5.41, 5.74) is 0.461. The zero-order chi connectivity index (χ0) is 27.1. The van der Waals surface area contributed by atoms with Crippen LogP contribution in [0, 0.1) is 0 Å². The normalized spacial score (nSPS) is 13.3. The summed E-state index contributed by atoms with van der Waals surface area (Å²) in [4.78, 5) is 36.0. The second-order valence-corrected chi connectivity index (χ2v) is 14.9. The van der Waals surface area contributed by atoms with E-state index in [9.17, 15) is 9.59 Å². The predicted octanol–water partition coefficient (Wildman–Crippen LogP) is 4.01.